The van der Waals surface area contributed by atoms with E-state index in [1.54, 1.807) is 6.07 Å². The van der Waals surface area contributed by atoms with Crippen molar-refractivity contribution in [1.29, 1.82) is 0 Å². The maximum Gasteiger partial charge on any atom is 0.250 e. The van der Waals surface area contributed by atoms with E-state index >= 15 is 0 Å². The molecule has 2 aromatic rings. The lowest BCUT2D eigenvalue weighted by Crippen LogP contribution is -1.84. The second-order valence-electron chi connectivity index (χ2n) is 3.06. The van der Waals surface area contributed by atoms with E-state index in [2.05, 4.69) is 10.2 Å². The molecule has 1 heterocycles. The first kappa shape index (κ1) is 11.4. The summed E-state index contributed by atoms with van der Waals surface area (Å²) in [4.78, 5) is 0. The van der Waals surface area contributed by atoms with Crippen molar-refractivity contribution >= 4 is 23.2 Å². The fourth-order valence-electron chi connectivity index (χ4n) is 1.21. The highest BCUT2D eigenvalue weighted by Crippen LogP contribution is 2.24. The van der Waals surface area contributed by atoms with Gasteiger partial charge in [0.1, 0.15) is 5.82 Å². The first-order valence-corrected chi connectivity index (χ1v) is 5.45. The van der Waals surface area contributed by atoms with E-state index in [4.69, 9.17) is 27.6 Å². The number of benzene rings is 1. The van der Waals surface area contributed by atoms with E-state index < -0.39 is 5.82 Å². The summed E-state index contributed by atoms with van der Waals surface area (Å²) in [5.41, 5.74) is 0.234. The monoisotopic (exact) mass is 260 g/mol. The second kappa shape index (κ2) is 4.80. The van der Waals surface area contributed by atoms with Crippen LogP contribution in [0, 0.1) is 5.82 Å². The maximum absolute atomic E-state index is 13.5. The van der Waals surface area contributed by atoms with Crippen LogP contribution in [0.1, 0.15) is 5.89 Å². The molecule has 0 N–H and O–H groups in total. The molecule has 1 aromatic carbocycles. The average molecular weight is 261 g/mol. The molecule has 0 amide bonds. The van der Waals surface area contributed by atoms with Crippen LogP contribution in [0.15, 0.2) is 22.6 Å². The van der Waals surface area contributed by atoms with Crippen molar-refractivity contribution in [2.75, 3.05) is 5.88 Å². The van der Waals surface area contributed by atoms with Crippen molar-refractivity contribution in [2.45, 2.75) is 6.42 Å². The summed E-state index contributed by atoms with van der Waals surface area (Å²) < 4.78 is 18.7. The van der Waals surface area contributed by atoms with E-state index in [0.29, 0.717) is 23.2 Å². The van der Waals surface area contributed by atoms with Gasteiger partial charge in [-0.3, -0.25) is 0 Å². The molecule has 0 aliphatic carbocycles. The Kier molecular flexibility index (Phi) is 3.41. The minimum absolute atomic E-state index is 0.134. The number of aryl methyl sites for hydroxylation is 1. The molecular weight excluding hydrogens is 254 g/mol. The molecule has 2 rings (SSSR count). The number of aromatic nitrogens is 2. The van der Waals surface area contributed by atoms with Crippen molar-refractivity contribution < 1.29 is 8.81 Å². The lowest BCUT2D eigenvalue weighted by Gasteiger charge is -1.97. The van der Waals surface area contributed by atoms with Crippen molar-refractivity contribution in [3.8, 4) is 11.5 Å². The molecule has 84 valence electrons. The van der Waals surface area contributed by atoms with Gasteiger partial charge < -0.3 is 4.42 Å². The van der Waals surface area contributed by atoms with Crippen molar-refractivity contribution in [3.05, 3.63) is 34.9 Å². The van der Waals surface area contributed by atoms with Crippen LogP contribution in [0.4, 0.5) is 4.39 Å². The molecular formula is C10H7Cl2FN2O. The van der Waals surface area contributed by atoms with Crippen LogP contribution in [0.3, 0.4) is 0 Å². The molecule has 6 heteroatoms. The van der Waals surface area contributed by atoms with Gasteiger partial charge in [-0.25, -0.2) is 4.39 Å². The number of rotatable bonds is 3. The topological polar surface area (TPSA) is 38.9 Å². The van der Waals surface area contributed by atoms with Gasteiger partial charge in [0, 0.05) is 17.3 Å². The van der Waals surface area contributed by atoms with Gasteiger partial charge in [-0.05, 0) is 18.2 Å². The van der Waals surface area contributed by atoms with Gasteiger partial charge in [-0.15, -0.1) is 21.8 Å². The highest BCUT2D eigenvalue weighted by Gasteiger charge is 2.12. The van der Waals surface area contributed by atoms with Gasteiger partial charge >= 0.3 is 0 Å². The SMILES string of the molecule is Fc1cc(Cl)ccc1-c1nnc(CCCl)o1. The van der Waals surface area contributed by atoms with Gasteiger partial charge in [0.05, 0.1) is 5.56 Å². The van der Waals surface area contributed by atoms with Crippen LogP contribution < -0.4 is 0 Å². The third-order valence-corrected chi connectivity index (χ3v) is 2.36. The standard InChI is InChI=1S/C10H7Cl2FN2O/c11-4-3-9-14-15-10(16-9)7-2-1-6(12)5-8(7)13/h1-2,5H,3-4H2. The Hall–Kier alpha value is -1.13. The van der Waals surface area contributed by atoms with Gasteiger partial charge in [0.25, 0.3) is 5.89 Å². The van der Waals surface area contributed by atoms with E-state index in [0.717, 1.165) is 0 Å². The van der Waals surface area contributed by atoms with E-state index in [9.17, 15) is 4.39 Å². The molecule has 0 saturated heterocycles. The summed E-state index contributed by atoms with van der Waals surface area (Å²) in [7, 11) is 0. The normalized spacial score (nSPS) is 10.7. The molecule has 0 spiro atoms. The van der Waals surface area contributed by atoms with E-state index in [1.165, 1.54) is 12.1 Å². The molecule has 0 aliphatic rings. The molecule has 0 saturated carbocycles. The summed E-state index contributed by atoms with van der Waals surface area (Å²) >= 11 is 11.2. The largest absolute Gasteiger partial charge is 0.421 e. The Morgan fingerprint density at radius 1 is 1.31 bits per heavy atom. The molecule has 3 nitrogen and oxygen atoms in total. The third-order valence-electron chi connectivity index (χ3n) is 1.94. The summed E-state index contributed by atoms with van der Waals surface area (Å²) in [5, 5.41) is 7.80. The number of hydrogen-bond donors (Lipinski definition) is 0. The van der Waals surface area contributed by atoms with Gasteiger partial charge in [0.15, 0.2) is 0 Å². The lowest BCUT2D eigenvalue weighted by atomic mass is 10.2. The van der Waals surface area contributed by atoms with Crippen LogP contribution in [0.5, 0.6) is 0 Å². The van der Waals surface area contributed by atoms with Crippen LogP contribution in [-0.2, 0) is 6.42 Å². The Morgan fingerprint density at radius 2 is 2.12 bits per heavy atom. The number of halogens is 3. The minimum atomic E-state index is -0.492. The summed E-state index contributed by atoms with van der Waals surface area (Å²) in [6, 6.07) is 4.25. The minimum Gasteiger partial charge on any atom is -0.421 e. The highest BCUT2D eigenvalue weighted by atomic mass is 35.5. The first-order chi connectivity index (χ1) is 7.70. The number of alkyl halides is 1. The summed E-state index contributed by atoms with van der Waals surface area (Å²) in [5.74, 6) is 0.410. The van der Waals surface area contributed by atoms with E-state index in [-0.39, 0.29) is 11.5 Å². The van der Waals surface area contributed by atoms with Gasteiger partial charge in [-0.2, -0.15) is 0 Å². The predicted molar refractivity (Wildman–Crippen MR) is 59.1 cm³/mol. The van der Waals surface area contributed by atoms with Crippen molar-refractivity contribution in [3.63, 3.8) is 0 Å². The maximum atomic E-state index is 13.5. The molecule has 16 heavy (non-hydrogen) atoms. The van der Waals surface area contributed by atoms with Crippen molar-refractivity contribution in [2.24, 2.45) is 0 Å². The smallest absolute Gasteiger partial charge is 0.250 e. The second-order valence-corrected chi connectivity index (χ2v) is 3.88. The molecule has 0 radical (unpaired) electrons. The molecule has 0 bridgehead atoms. The van der Waals surface area contributed by atoms with E-state index in [1.807, 2.05) is 0 Å². The Bertz CT molecular complexity index is 501. The summed E-state index contributed by atoms with van der Waals surface area (Å²) in [6.45, 7) is 0. The van der Waals surface area contributed by atoms with Crippen LogP contribution >= 0.6 is 23.2 Å². The molecule has 0 unspecified atom stereocenters. The van der Waals surface area contributed by atoms with Crippen LogP contribution in [0.25, 0.3) is 11.5 Å². The average Bonchev–Trinajstić information content (AvgIpc) is 2.67. The lowest BCUT2D eigenvalue weighted by molar-refractivity contribution is 0.509. The van der Waals surface area contributed by atoms with Gasteiger partial charge in [0.2, 0.25) is 5.89 Å². The molecule has 1 aromatic heterocycles. The number of hydrogen-bond acceptors (Lipinski definition) is 3. The zero-order chi connectivity index (χ0) is 11.5. The Labute approximate surface area is 101 Å². The summed E-state index contributed by atoms with van der Waals surface area (Å²) in [6.07, 6.45) is 0.462. The van der Waals surface area contributed by atoms with Crippen LogP contribution in [-0.4, -0.2) is 16.1 Å². The molecule has 0 aliphatic heterocycles. The first-order valence-electron chi connectivity index (χ1n) is 4.54. The fraction of sp³-hybridized carbons (Fsp3) is 0.200. The Morgan fingerprint density at radius 3 is 2.81 bits per heavy atom. The molecule has 0 fully saturated rings. The Balaban J connectivity index is 2.35. The number of nitrogens with zero attached hydrogens (tertiary/aromatic N) is 2. The highest BCUT2D eigenvalue weighted by molar-refractivity contribution is 6.30. The fourth-order valence-corrected chi connectivity index (χ4v) is 1.53. The third kappa shape index (κ3) is 2.33. The zero-order valence-electron chi connectivity index (χ0n) is 8.08. The zero-order valence-corrected chi connectivity index (χ0v) is 9.59. The quantitative estimate of drug-likeness (QED) is 0.795. The van der Waals surface area contributed by atoms with Gasteiger partial charge in [-0.1, -0.05) is 11.6 Å². The predicted octanol–water partition coefficient (Wildman–Crippen LogP) is 3.31. The van der Waals surface area contributed by atoms with Crippen molar-refractivity contribution in [1.82, 2.24) is 10.2 Å². The molecule has 0 atom stereocenters. The van der Waals surface area contributed by atoms with Crippen LogP contribution in [0.2, 0.25) is 5.02 Å².